The maximum Gasteiger partial charge on any atom is 0.272 e. The van der Waals surface area contributed by atoms with Crippen LogP contribution in [-0.4, -0.2) is 37.3 Å². The number of carbonyl (C=O) groups is 1. The Kier molecular flexibility index (Phi) is 4.08. The van der Waals surface area contributed by atoms with Crippen LogP contribution in [0, 0.1) is 6.92 Å². The van der Waals surface area contributed by atoms with Crippen LogP contribution in [0.5, 0.6) is 0 Å². The highest BCUT2D eigenvalue weighted by Crippen LogP contribution is 2.34. The molecule has 0 spiro atoms. The van der Waals surface area contributed by atoms with Crippen LogP contribution in [0.3, 0.4) is 0 Å². The van der Waals surface area contributed by atoms with Gasteiger partial charge in [-0.1, -0.05) is 18.0 Å². The van der Waals surface area contributed by atoms with Crippen molar-refractivity contribution >= 4 is 5.91 Å². The molecule has 1 aliphatic heterocycles. The van der Waals surface area contributed by atoms with Gasteiger partial charge in [-0.05, 0) is 38.2 Å². The first-order valence-electron chi connectivity index (χ1n) is 8.89. The summed E-state index contributed by atoms with van der Waals surface area (Å²) in [4.78, 5) is 19.5. The summed E-state index contributed by atoms with van der Waals surface area (Å²) in [5.74, 6) is 1.20. The van der Waals surface area contributed by atoms with Crippen LogP contribution in [-0.2, 0) is 0 Å². The molecule has 0 radical (unpaired) electrons. The fraction of sp³-hybridized carbons (Fsp3) is 0.647. The van der Waals surface area contributed by atoms with E-state index in [4.69, 9.17) is 4.52 Å². The highest BCUT2D eigenvalue weighted by atomic mass is 16.5. The highest BCUT2D eigenvalue weighted by molar-refractivity contribution is 5.92. The summed E-state index contributed by atoms with van der Waals surface area (Å²) >= 11 is 0. The van der Waals surface area contributed by atoms with E-state index >= 15 is 0 Å². The molecule has 0 bridgehead atoms. The zero-order chi connectivity index (χ0) is 16.5. The third kappa shape index (κ3) is 2.72. The van der Waals surface area contributed by atoms with Crippen LogP contribution in [0.2, 0.25) is 0 Å². The van der Waals surface area contributed by atoms with Crippen molar-refractivity contribution in [2.24, 2.45) is 0 Å². The predicted molar refractivity (Wildman–Crippen MR) is 86.4 cm³/mol. The van der Waals surface area contributed by atoms with E-state index in [2.05, 4.69) is 15.2 Å². The molecule has 1 saturated heterocycles. The van der Waals surface area contributed by atoms with Crippen molar-refractivity contribution < 1.29 is 9.32 Å². The topological polar surface area (TPSA) is 77.1 Å². The molecule has 1 atom stereocenters. The van der Waals surface area contributed by atoms with Crippen molar-refractivity contribution in [2.75, 3.05) is 6.54 Å². The molecular formula is C17H23N5O2. The summed E-state index contributed by atoms with van der Waals surface area (Å²) in [5, 5.41) is 8.48. The number of carbonyl (C=O) groups excluding carboxylic acids is 1. The van der Waals surface area contributed by atoms with E-state index in [1.165, 1.54) is 6.42 Å². The minimum atomic E-state index is -0.109. The molecule has 128 valence electrons. The van der Waals surface area contributed by atoms with Gasteiger partial charge in [-0.2, -0.15) is 10.1 Å². The maximum atomic E-state index is 13.2. The first kappa shape index (κ1) is 15.4. The van der Waals surface area contributed by atoms with E-state index in [0.717, 1.165) is 45.1 Å². The molecule has 2 fully saturated rings. The second-order valence-electron chi connectivity index (χ2n) is 6.78. The molecule has 7 nitrogen and oxygen atoms in total. The average Bonchev–Trinajstić information content (AvgIpc) is 3.08. The molecule has 0 N–H and O–H groups in total. The van der Waals surface area contributed by atoms with Gasteiger partial charge in [0.2, 0.25) is 5.89 Å². The number of hydrogen-bond acceptors (Lipinski definition) is 5. The molecule has 2 aromatic rings. The second kappa shape index (κ2) is 6.37. The Balaban J connectivity index is 1.64. The number of aromatic nitrogens is 4. The summed E-state index contributed by atoms with van der Waals surface area (Å²) < 4.78 is 7.06. The summed E-state index contributed by atoms with van der Waals surface area (Å²) in [5.41, 5.74) is 0.687. The molecule has 4 rings (SSSR count). The van der Waals surface area contributed by atoms with Crippen molar-refractivity contribution in [1.29, 1.82) is 0 Å². The number of likely N-dealkylation sites (tertiary alicyclic amines) is 1. The standard InChI is InChI=1S/C17H23N5O2/c1-12-19-16(20-24-12)14-8-3-2-4-11-21(14)17(23)15-9-10-18-22(15)13-6-5-7-13/h9-10,13-14H,2-8,11H2,1H3. The molecule has 1 amide bonds. The number of aryl methyl sites for hydroxylation is 1. The van der Waals surface area contributed by atoms with Gasteiger partial charge in [0.1, 0.15) is 5.69 Å². The smallest absolute Gasteiger partial charge is 0.272 e. The molecule has 7 heteroatoms. The molecule has 24 heavy (non-hydrogen) atoms. The lowest BCUT2D eigenvalue weighted by Crippen LogP contribution is -2.37. The van der Waals surface area contributed by atoms with Gasteiger partial charge in [0.25, 0.3) is 5.91 Å². The zero-order valence-electron chi connectivity index (χ0n) is 14.0. The number of rotatable bonds is 3. The SMILES string of the molecule is Cc1nc(C2CCCCCN2C(=O)c2ccnn2C2CCC2)no1. The second-order valence-corrected chi connectivity index (χ2v) is 6.78. The quantitative estimate of drug-likeness (QED) is 0.865. The normalized spacial score (nSPS) is 22.2. The highest BCUT2D eigenvalue weighted by Gasteiger charge is 2.33. The van der Waals surface area contributed by atoms with E-state index in [9.17, 15) is 4.79 Å². The molecule has 2 aromatic heterocycles. The van der Waals surface area contributed by atoms with Crippen LogP contribution in [0.4, 0.5) is 0 Å². The van der Waals surface area contributed by atoms with Crippen molar-refractivity contribution in [1.82, 2.24) is 24.8 Å². The van der Waals surface area contributed by atoms with Crippen molar-refractivity contribution in [2.45, 2.75) is 64.0 Å². The van der Waals surface area contributed by atoms with Crippen LogP contribution in [0.15, 0.2) is 16.8 Å². The molecule has 3 heterocycles. The Morgan fingerprint density at radius 1 is 1.21 bits per heavy atom. The largest absolute Gasteiger partial charge is 0.340 e. The molecule has 1 saturated carbocycles. The van der Waals surface area contributed by atoms with Gasteiger partial charge >= 0.3 is 0 Å². The lowest BCUT2D eigenvalue weighted by molar-refractivity contribution is 0.0650. The average molecular weight is 329 g/mol. The Labute approximate surface area is 141 Å². The van der Waals surface area contributed by atoms with Crippen LogP contribution in [0.25, 0.3) is 0 Å². The molecule has 1 aliphatic carbocycles. The van der Waals surface area contributed by atoms with Crippen LogP contribution in [0.1, 0.15) is 79.2 Å². The first-order chi connectivity index (χ1) is 11.7. The van der Waals surface area contributed by atoms with Crippen LogP contribution < -0.4 is 0 Å². The van der Waals surface area contributed by atoms with Crippen molar-refractivity contribution in [3.05, 3.63) is 29.7 Å². The summed E-state index contributed by atoms with van der Waals surface area (Å²) in [7, 11) is 0. The third-order valence-electron chi connectivity index (χ3n) is 5.16. The fourth-order valence-electron chi connectivity index (χ4n) is 3.62. The van der Waals surface area contributed by atoms with E-state index in [1.807, 2.05) is 15.6 Å². The van der Waals surface area contributed by atoms with Gasteiger partial charge in [-0.25, -0.2) is 0 Å². The molecule has 1 unspecified atom stereocenters. The van der Waals surface area contributed by atoms with Gasteiger partial charge in [0, 0.05) is 19.7 Å². The number of amides is 1. The van der Waals surface area contributed by atoms with E-state index in [0.29, 0.717) is 23.5 Å². The van der Waals surface area contributed by atoms with Gasteiger partial charge in [0.05, 0.1) is 12.1 Å². The van der Waals surface area contributed by atoms with Gasteiger partial charge < -0.3 is 9.42 Å². The van der Waals surface area contributed by atoms with Gasteiger partial charge in [0.15, 0.2) is 5.82 Å². The number of hydrogen-bond donors (Lipinski definition) is 0. The van der Waals surface area contributed by atoms with Crippen LogP contribution >= 0.6 is 0 Å². The Hall–Kier alpha value is -2.18. The third-order valence-corrected chi connectivity index (χ3v) is 5.16. The lowest BCUT2D eigenvalue weighted by atomic mass is 9.93. The Morgan fingerprint density at radius 3 is 2.79 bits per heavy atom. The summed E-state index contributed by atoms with van der Waals surface area (Å²) in [6, 6.07) is 2.10. The van der Waals surface area contributed by atoms with E-state index in [1.54, 1.807) is 13.1 Å². The summed E-state index contributed by atoms with van der Waals surface area (Å²) in [6.07, 6.45) is 9.25. The minimum absolute atomic E-state index is 0.0359. The Bertz CT molecular complexity index is 718. The first-order valence-corrected chi connectivity index (χ1v) is 8.89. The minimum Gasteiger partial charge on any atom is -0.340 e. The van der Waals surface area contributed by atoms with E-state index < -0.39 is 0 Å². The van der Waals surface area contributed by atoms with Crippen molar-refractivity contribution in [3.63, 3.8) is 0 Å². The zero-order valence-corrected chi connectivity index (χ0v) is 14.0. The molecule has 0 aromatic carbocycles. The monoisotopic (exact) mass is 329 g/mol. The molecule has 2 aliphatic rings. The lowest BCUT2D eigenvalue weighted by Gasteiger charge is -2.31. The maximum absolute atomic E-state index is 13.2. The summed E-state index contributed by atoms with van der Waals surface area (Å²) in [6.45, 7) is 2.51. The Morgan fingerprint density at radius 2 is 2.08 bits per heavy atom. The van der Waals surface area contributed by atoms with Gasteiger partial charge in [-0.3, -0.25) is 9.48 Å². The van der Waals surface area contributed by atoms with Gasteiger partial charge in [-0.15, -0.1) is 0 Å². The fourth-order valence-corrected chi connectivity index (χ4v) is 3.62. The molecular weight excluding hydrogens is 306 g/mol. The predicted octanol–water partition coefficient (Wildman–Crippen LogP) is 3.06. The van der Waals surface area contributed by atoms with E-state index in [-0.39, 0.29) is 11.9 Å². The van der Waals surface area contributed by atoms with Crippen molar-refractivity contribution in [3.8, 4) is 0 Å². The number of nitrogens with zero attached hydrogens (tertiary/aromatic N) is 5.